The van der Waals surface area contributed by atoms with E-state index < -0.39 is 12.5 Å². The zero-order valence-electron chi connectivity index (χ0n) is 12.4. The molecule has 0 aliphatic heterocycles. The SMILES string of the molecule is O=C(Nc1ncn(Cc2ccc(Cl)c(Cl)c2)n1)c1ccnn1C(F)F. The van der Waals surface area contributed by atoms with Crippen molar-refractivity contribution in [3.05, 3.63) is 58.1 Å². The Kier molecular flexibility index (Phi) is 4.95. The molecule has 2 heterocycles. The van der Waals surface area contributed by atoms with Crippen LogP contribution in [0, 0.1) is 0 Å². The molecule has 11 heteroatoms. The Labute approximate surface area is 150 Å². The van der Waals surface area contributed by atoms with Crippen LogP contribution in [-0.4, -0.2) is 30.5 Å². The number of hydrogen-bond donors (Lipinski definition) is 1. The summed E-state index contributed by atoms with van der Waals surface area (Å²) in [5.41, 5.74) is 0.531. The highest BCUT2D eigenvalue weighted by Gasteiger charge is 2.19. The molecule has 0 saturated carbocycles. The normalized spacial score (nSPS) is 11.1. The molecule has 1 N–H and O–H groups in total. The number of hydrogen-bond acceptors (Lipinski definition) is 4. The van der Waals surface area contributed by atoms with Gasteiger partial charge in [-0.15, -0.1) is 5.10 Å². The third-order valence-corrected chi connectivity index (χ3v) is 3.92. The number of nitrogens with one attached hydrogen (secondary N) is 1. The van der Waals surface area contributed by atoms with Crippen LogP contribution < -0.4 is 5.32 Å². The van der Waals surface area contributed by atoms with Gasteiger partial charge in [-0.05, 0) is 23.8 Å². The van der Waals surface area contributed by atoms with Gasteiger partial charge in [-0.1, -0.05) is 29.3 Å². The lowest BCUT2D eigenvalue weighted by atomic mass is 10.2. The Balaban J connectivity index is 1.70. The monoisotopic (exact) mass is 386 g/mol. The van der Waals surface area contributed by atoms with E-state index in [1.165, 1.54) is 17.1 Å². The first-order chi connectivity index (χ1) is 11.9. The molecule has 0 saturated heterocycles. The molecule has 3 rings (SSSR count). The average molecular weight is 387 g/mol. The molecule has 0 unspecified atom stereocenters. The number of carbonyl (C=O) groups is 1. The zero-order chi connectivity index (χ0) is 18.0. The lowest BCUT2D eigenvalue weighted by Gasteiger charge is -2.05. The van der Waals surface area contributed by atoms with Gasteiger partial charge in [0.15, 0.2) is 0 Å². The van der Waals surface area contributed by atoms with E-state index in [-0.39, 0.29) is 11.6 Å². The minimum absolute atomic E-state index is 0.0212. The van der Waals surface area contributed by atoms with E-state index in [9.17, 15) is 13.6 Å². The van der Waals surface area contributed by atoms with Crippen molar-refractivity contribution in [2.45, 2.75) is 13.1 Å². The number of halogens is 4. The summed E-state index contributed by atoms with van der Waals surface area (Å²) in [4.78, 5) is 15.9. The Hall–Kier alpha value is -2.52. The Morgan fingerprint density at radius 2 is 2.04 bits per heavy atom. The molecule has 130 valence electrons. The molecule has 25 heavy (non-hydrogen) atoms. The molecule has 2 aromatic heterocycles. The number of alkyl halides is 2. The molecule has 0 radical (unpaired) electrons. The van der Waals surface area contributed by atoms with Crippen molar-refractivity contribution in [3.8, 4) is 0 Å². The van der Waals surface area contributed by atoms with Gasteiger partial charge in [0.25, 0.3) is 5.91 Å². The molecule has 0 aliphatic carbocycles. The van der Waals surface area contributed by atoms with E-state index in [1.807, 2.05) is 0 Å². The van der Waals surface area contributed by atoms with Crippen molar-refractivity contribution >= 4 is 35.1 Å². The molecule has 1 amide bonds. The van der Waals surface area contributed by atoms with E-state index in [4.69, 9.17) is 23.2 Å². The van der Waals surface area contributed by atoms with Crippen LogP contribution >= 0.6 is 23.2 Å². The molecule has 0 fully saturated rings. The highest BCUT2D eigenvalue weighted by molar-refractivity contribution is 6.42. The third kappa shape index (κ3) is 3.94. The molecule has 7 nitrogen and oxygen atoms in total. The number of aromatic nitrogens is 5. The summed E-state index contributed by atoms with van der Waals surface area (Å²) in [7, 11) is 0. The fourth-order valence-corrected chi connectivity index (χ4v) is 2.39. The second-order valence-electron chi connectivity index (χ2n) is 4.91. The smallest absolute Gasteiger partial charge is 0.288 e. The maximum Gasteiger partial charge on any atom is 0.333 e. The Morgan fingerprint density at radius 3 is 2.76 bits per heavy atom. The molecule has 0 spiro atoms. The van der Waals surface area contributed by atoms with Gasteiger partial charge in [0.2, 0.25) is 5.95 Å². The van der Waals surface area contributed by atoms with E-state index in [0.717, 1.165) is 11.8 Å². The van der Waals surface area contributed by atoms with Crippen molar-refractivity contribution in [2.24, 2.45) is 0 Å². The minimum Gasteiger partial charge on any atom is -0.288 e. The fraction of sp³-hybridized carbons (Fsp3) is 0.143. The van der Waals surface area contributed by atoms with E-state index >= 15 is 0 Å². The zero-order valence-corrected chi connectivity index (χ0v) is 13.9. The van der Waals surface area contributed by atoms with Gasteiger partial charge >= 0.3 is 6.55 Å². The lowest BCUT2D eigenvalue weighted by molar-refractivity contribution is 0.0520. The largest absolute Gasteiger partial charge is 0.333 e. The van der Waals surface area contributed by atoms with Crippen LogP contribution in [0.15, 0.2) is 36.8 Å². The quantitative estimate of drug-likeness (QED) is 0.727. The first kappa shape index (κ1) is 17.3. The predicted octanol–water partition coefficient (Wildman–Crippen LogP) is 3.48. The number of carbonyl (C=O) groups excluding carboxylic acids is 1. The molecule has 0 bridgehead atoms. The summed E-state index contributed by atoms with van der Waals surface area (Å²) in [6, 6.07) is 6.29. The predicted molar refractivity (Wildman–Crippen MR) is 87.0 cm³/mol. The summed E-state index contributed by atoms with van der Waals surface area (Å²) in [5, 5.41) is 10.6. The number of nitrogens with zero attached hydrogens (tertiary/aromatic N) is 5. The maximum atomic E-state index is 12.7. The van der Waals surface area contributed by atoms with Crippen LogP contribution in [0.2, 0.25) is 10.0 Å². The average Bonchev–Trinajstić information content (AvgIpc) is 3.20. The van der Waals surface area contributed by atoms with Crippen LogP contribution in [0.25, 0.3) is 0 Å². The summed E-state index contributed by atoms with van der Waals surface area (Å²) in [5.74, 6) is -0.808. The first-order valence-corrected chi connectivity index (χ1v) is 7.66. The van der Waals surface area contributed by atoms with Crippen molar-refractivity contribution in [2.75, 3.05) is 5.32 Å². The minimum atomic E-state index is -2.92. The van der Waals surface area contributed by atoms with E-state index in [1.54, 1.807) is 18.2 Å². The summed E-state index contributed by atoms with van der Waals surface area (Å²) in [6.45, 7) is -2.58. The van der Waals surface area contributed by atoms with Crippen LogP contribution in [-0.2, 0) is 6.54 Å². The molecular formula is C14H10Cl2F2N6O. The van der Waals surface area contributed by atoms with Crippen LogP contribution in [0.1, 0.15) is 22.6 Å². The number of anilines is 1. The van der Waals surface area contributed by atoms with Gasteiger partial charge in [0.05, 0.1) is 16.6 Å². The molecule has 3 aromatic rings. The third-order valence-electron chi connectivity index (χ3n) is 3.18. The maximum absolute atomic E-state index is 12.7. The van der Waals surface area contributed by atoms with Gasteiger partial charge in [-0.3, -0.25) is 10.1 Å². The number of benzene rings is 1. The van der Waals surface area contributed by atoms with E-state index in [2.05, 4.69) is 20.5 Å². The summed E-state index contributed by atoms with van der Waals surface area (Å²) < 4.78 is 27.2. The first-order valence-electron chi connectivity index (χ1n) is 6.90. The Morgan fingerprint density at radius 1 is 1.24 bits per heavy atom. The molecule has 0 aliphatic rings. The second kappa shape index (κ2) is 7.16. The van der Waals surface area contributed by atoms with Gasteiger partial charge in [-0.25, -0.2) is 9.67 Å². The van der Waals surface area contributed by atoms with Gasteiger partial charge in [0, 0.05) is 6.20 Å². The van der Waals surface area contributed by atoms with Crippen LogP contribution in [0.5, 0.6) is 0 Å². The van der Waals surface area contributed by atoms with E-state index in [0.29, 0.717) is 21.3 Å². The van der Waals surface area contributed by atoms with Crippen molar-refractivity contribution < 1.29 is 13.6 Å². The second-order valence-corrected chi connectivity index (χ2v) is 5.72. The summed E-state index contributed by atoms with van der Waals surface area (Å²) in [6.07, 6.45) is 2.50. The molecular weight excluding hydrogens is 377 g/mol. The topological polar surface area (TPSA) is 77.6 Å². The van der Waals surface area contributed by atoms with Crippen LogP contribution in [0.3, 0.4) is 0 Å². The molecule has 1 aromatic carbocycles. The van der Waals surface area contributed by atoms with Gasteiger partial charge in [0.1, 0.15) is 12.0 Å². The highest BCUT2D eigenvalue weighted by atomic mass is 35.5. The van der Waals surface area contributed by atoms with Gasteiger partial charge in [-0.2, -0.15) is 18.6 Å². The summed E-state index contributed by atoms with van der Waals surface area (Å²) >= 11 is 11.8. The number of rotatable bonds is 5. The fourth-order valence-electron chi connectivity index (χ4n) is 2.07. The lowest BCUT2D eigenvalue weighted by Crippen LogP contribution is -2.19. The van der Waals surface area contributed by atoms with Crippen molar-refractivity contribution in [1.29, 1.82) is 0 Å². The van der Waals surface area contributed by atoms with Gasteiger partial charge < -0.3 is 0 Å². The Bertz CT molecular complexity index is 910. The number of amides is 1. The van der Waals surface area contributed by atoms with Crippen LogP contribution in [0.4, 0.5) is 14.7 Å². The van der Waals surface area contributed by atoms with Crippen molar-refractivity contribution in [1.82, 2.24) is 24.5 Å². The highest BCUT2D eigenvalue weighted by Crippen LogP contribution is 2.23. The molecule has 0 atom stereocenters. The standard InChI is InChI=1S/C14H10Cl2F2N6O/c15-9-2-1-8(5-10(9)16)6-23-7-19-14(22-23)21-12(25)11-3-4-20-24(11)13(17)18/h1-5,7,13H,6H2,(H,21,22,25). The van der Waals surface area contributed by atoms with Crippen molar-refractivity contribution in [3.63, 3.8) is 0 Å².